The summed E-state index contributed by atoms with van der Waals surface area (Å²) in [4.78, 5) is 38.2. The number of non-ortho nitro benzene ring substituents is 1. The fourth-order valence-corrected chi connectivity index (χ4v) is 2.74. The number of anilines is 1. The van der Waals surface area contributed by atoms with Crippen LogP contribution in [0.1, 0.15) is 22.8 Å². The van der Waals surface area contributed by atoms with Gasteiger partial charge in [0.25, 0.3) is 5.69 Å². The van der Waals surface area contributed by atoms with Crippen LogP contribution < -0.4 is 14.8 Å². The van der Waals surface area contributed by atoms with Crippen molar-refractivity contribution in [1.82, 2.24) is 0 Å². The van der Waals surface area contributed by atoms with Crippen LogP contribution in [0, 0.1) is 10.1 Å². The summed E-state index contributed by atoms with van der Waals surface area (Å²) in [6.07, 6.45) is 1.61. The van der Waals surface area contributed by atoms with Crippen LogP contribution in [-0.4, -0.2) is 30.1 Å². The second-order valence-corrected chi connectivity index (χ2v) is 6.59. The van der Waals surface area contributed by atoms with E-state index >= 15 is 0 Å². The number of hydrogen-bond donors (Lipinski definition) is 1. The molecule has 9 nitrogen and oxygen atoms in total. The maximum atomic E-state index is 12.4. The average Bonchev–Trinajstić information content (AvgIpc) is 2.79. The summed E-state index contributed by atoms with van der Waals surface area (Å²) in [5.74, 6) is -0.429. The summed E-state index contributed by atoms with van der Waals surface area (Å²) in [5, 5.41) is 13.6. The number of amides is 1. The molecule has 0 saturated carbocycles. The molecule has 3 rings (SSSR count). The van der Waals surface area contributed by atoms with Crippen molar-refractivity contribution in [2.45, 2.75) is 6.92 Å². The molecule has 0 unspecified atom stereocenters. The van der Waals surface area contributed by atoms with Gasteiger partial charge in [0.2, 0.25) is 5.91 Å². The monoisotopic (exact) mass is 433 g/mol. The number of nitrogens with one attached hydrogen (secondary N) is 1. The molecule has 0 aliphatic rings. The molecule has 32 heavy (non-hydrogen) atoms. The quantitative estimate of drug-likeness (QED) is 0.192. The molecule has 0 heterocycles. The summed E-state index contributed by atoms with van der Waals surface area (Å²) < 4.78 is 10.7. The number of esters is 1. The first-order valence-corrected chi connectivity index (χ1v) is 9.42. The number of rotatable bonds is 7. The fourth-order valence-electron chi connectivity index (χ4n) is 2.74. The zero-order valence-electron chi connectivity index (χ0n) is 17.3. The number of carbonyl (C=O) groups excluding carboxylic acids is 2. The molecule has 0 aliphatic carbocycles. The maximum Gasteiger partial charge on any atom is 0.343 e. The highest BCUT2D eigenvalue weighted by Gasteiger charge is 2.16. The summed E-state index contributed by atoms with van der Waals surface area (Å²) in [7, 11) is 1.43. The Hall–Kier alpha value is -4.53. The first kappa shape index (κ1) is 22.2. The van der Waals surface area contributed by atoms with Gasteiger partial charge in [-0.15, -0.1) is 0 Å². The smallest absolute Gasteiger partial charge is 0.343 e. The molecule has 0 bridgehead atoms. The van der Waals surface area contributed by atoms with E-state index in [0.717, 1.165) is 6.07 Å². The van der Waals surface area contributed by atoms with Crippen LogP contribution in [0.15, 0.2) is 71.7 Å². The molecule has 0 aromatic heterocycles. The Labute approximate surface area is 183 Å². The third kappa shape index (κ3) is 5.76. The Kier molecular flexibility index (Phi) is 6.92. The van der Waals surface area contributed by atoms with Crippen LogP contribution in [0.5, 0.6) is 11.5 Å². The van der Waals surface area contributed by atoms with Gasteiger partial charge in [-0.05, 0) is 54.1 Å². The minimum absolute atomic E-state index is 0.0506. The molecular weight excluding hydrogens is 414 g/mol. The third-order valence-electron chi connectivity index (χ3n) is 4.23. The van der Waals surface area contributed by atoms with Crippen LogP contribution in [0.2, 0.25) is 0 Å². The molecule has 0 aliphatic heterocycles. The number of nitro groups is 1. The maximum absolute atomic E-state index is 12.4. The van der Waals surface area contributed by atoms with Gasteiger partial charge < -0.3 is 14.8 Å². The molecule has 1 amide bonds. The van der Waals surface area contributed by atoms with Crippen molar-refractivity contribution in [2.24, 2.45) is 4.99 Å². The van der Waals surface area contributed by atoms with E-state index in [1.807, 2.05) is 0 Å². The molecule has 3 aromatic carbocycles. The average molecular weight is 433 g/mol. The standard InChI is InChI=1S/C23H19N3O6/c1-15(27)25-19-9-7-18(8-10-19)24-14-16-6-11-21(22(12-16)31-2)32-23(28)17-4-3-5-20(13-17)26(29)30/h3-14H,1-2H3,(H,25,27). The Bertz CT molecular complexity index is 1190. The third-order valence-corrected chi connectivity index (χ3v) is 4.23. The molecule has 162 valence electrons. The topological polar surface area (TPSA) is 120 Å². The van der Waals surface area contributed by atoms with Crippen molar-refractivity contribution >= 4 is 35.2 Å². The summed E-state index contributed by atoms with van der Waals surface area (Å²) in [6.45, 7) is 1.43. The second kappa shape index (κ2) is 9.98. The van der Waals surface area contributed by atoms with Crippen LogP contribution >= 0.6 is 0 Å². The number of hydrogen-bond acceptors (Lipinski definition) is 7. The van der Waals surface area contributed by atoms with Gasteiger partial charge in [0.1, 0.15) is 0 Å². The zero-order valence-corrected chi connectivity index (χ0v) is 17.3. The number of methoxy groups -OCH3 is 1. The van der Waals surface area contributed by atoms with E-state index in [9.17, 15) is 19.7 Å². The minimum atomic E-state index is -0.743. The lowest BCUT2D eigenvalue weighted by Crippen LogP contribution is -2.09. The van der Waals surface area contributed by atoms with Gasteiger partial charge in [-0.3, -0.25) is 19.9 Å². The van der Waals surface area contributed by atoms with E-state index in [1.54, 1.807) is 48.7 Å². The number of carbonyl (C=O) groups is 2. The number of ether oxygens (including phenoxy) is 2. The first-order valence-electron chi connectivity index (χ1n) is 9.42. The van der Waals surface area contributed by atoms with Crippen molar-refractivity contribution in [3.63, 3.8) is 0 Å². The molecule has 1 N–H and O–H groups in total. The van der Waals surface area contributed by atoms with Crippen LogP contribution in [0.3, 0.4) is 0 Å². The fraction of sp³-hybridized carbons (Fsp3) is 0.0870. The second-order valence-electron chi connectivity index (χ2n) is 6.59. The van der Waals surface area contributed by atoms with Gasteiger partial charge in [-0.1, -0.05) is 6.07 Å². The van der Waals surface area contributed by atoms with Gasteiger partial charge >= 0.3 is 5.97 Å². The van der Waals surface area contributed by atoms with Crippen LogP contribution in [0.25, 0.3) is 0 Å². The summed E-state index contributed by atoms with van der Waals surface area (Å²) in [6, 6.07) is 17.2. The lowest BCUT2D eigenvalue weighted by Gasteiger charge is -2.10. The number of benzene rings is 3. The zero-order chi connectivity index (χ0) is 23.1. The van der Waals surface area contributed by atoms with Gasteiger partial charge in [0.05, 0.1) is 23.3 Å². The van der Waals surface area contributed by atoms with E-state index in [0.29, 0.717) is 22.7 Å². The highest BCUT2D eigenvalue weighted by molar-refractivity contribution is 5.92. The first-order chi connectivity index (χ1) is 15.4. The van der Waals surface area contributed by atoms with Crippen molar-refractivity contribution in [3.05, 3.63) is 88.0 Å². The molecule has 0 radical (unpaired) electrons. The number of aliphatic imine (C=N–C) groups is 1. The van der Waals surface area contributed by atoms with E-state index in [1.165, 1.54) is 32.2 Å². The van der Waals surface area contributed by atoms with Crippen molar-refractivity contribution in [2.75, 3.05) is 12.4 Å². The van der Waals surface area contributed by atoms with E-state index in [-0.39, 0.29) is 22.9 Å². The van der Waals surface area contributed by atoms with Gasteiger partial charge in [0.15, 0.2) is 11.5 Å². The van der Waals surface area contributed by atoms with Gasteiger partial charge in [-0.25, -0.2) is 4.79 Å². The van der Waals surface area contributed by atoms with E-state index < -0.39 is 10.9 Å². The molecular formula is C23H19N3O6. The Morgan fingerprint density at radius 2 is 1.78 bits per heavy atom. The van der Waals surface area contributed by atoms with E-state index in [4.69, 9.17) is 9.47 Å². The normalized spacial score (nSPS) is 10.6. The highest BCUT2D eigenvalue weighted by atomic mass is 16.6. The summed E-state index contributed by atoms with van der Waals surface area (Å²) >= 11 is 0. The minimum Gasteiger partial charge on any atom is -0.493 e. The van der Waals surface area contributed by atoms with Crippen molar-refractivity contribution in [1.29, 1.82) is 0 Å². The Balaban J connectivity index is 1.73. The molecule has 3 aromatic rings. The van der Waals surface area contributed by atoms with Gasteiger partial charge in [-0.2, -0.15) is 0 Å². The number of nitro benzene ring substituents is 1. The lowest BCUT2D eigenvalue weighted by molar-refractivity contribution is -0.384. The van der Waals surface area contributed by atoms with Crippen LogP contribution in [0.4, 0.5) is 17.1 Å². The van der Waals surface area contributed by atoms with Gasteiger partial charge in [0, 0.05) is 31.0 Å². The molecule has 0 saturated heterocycles. The Morgan fingerprint density at radius 3 is 2.44 bits per heavy atom. The predicted molar refractivity (Wildman–Crippen MR) is 119 cm³/mol. The van der Waals surface area contributed by atoms with E-state index in [2.05, 4.69) is 10.3 Å². The molecule has 0 spiro atoms. The SMILES string of the molecule is COc1cc(C=Nc2ccc(NC(C)=O)cc2)ccc1OC(=O)c1cccc([N+](=O)[O-])c1. The lowest BCUT2D eigenvalue weighted by atomic mass is 10.2. The molecule has 9 heteroatoms. The molecule has 0 atom stereocenters. The van der Waals surface area contributed by atoms with Crippen LogP contribution in [-0.2, 0) is 4.79 Å². The van der Waals surface area contributed by atoms with Crippen molar-refractivity contribution < 1.29 is 24.0 Å². The largest absolute Gasteiger partial charge is 0.493 e. The summed E-state index contributed by atoms with van der Waals surface area (Å²) in [5.41, 5.74) is 1.90. The predicted octanol–water partition coefficient (Wildman–Crippen LogP) is 4.53. The molecule has 0 fully saturated rings. The number of nitrogens with zero attached hydrogens (tertiary/aromatic N) is 2. The Morgan fingerprint density at radius 1 is 1.03 bits per heavy atom. The van der Waals surface area contributed by atoms with Crippen molar-refractivity contribution in [3.8, 4) is 11.5 Å². The highest BCUT2D eigenvalue weighted by Crippen LogP contribution is 2.29.